The van der Waals surface area contributed by atoms with E-state index >= 15 is 17.6 Å². The van der Waals surface area contributed by atoms with Crippen molar-refractivity contribution >= 4 is 46.3 Å². The first-order chi connectivity index (χ1) is 53.9. The van der Waals surface area contributed by atoms with E-state index in [1.165, 1.54) is 36.5 Å². The minimum Gasteiger partial charge on any atom is -0.390 e. The van der Waals surface area contributed by atoms with Crippen molar-refractivity contribution in [2.24, 2.45) is 114 Å². The van der Waals surface area contributed by atoms with Crippen molar-refractivity contribution in [2.45, 2.75) is 296 Å². The predicted molar refractivity (Wildman–Crippen MR) is 425 cm³/mol. The number of halogens is 4. The molecule has 0 radical (unpaired) electrons. The van der Waals surface area contributed by atoms with E-state index in [0.717, 1.165) is 16.7 Å². The van der Waals surface area contributed by atoms with Crippen molar-refractivity contribution in [1.82, 2.24) is 0 Å². The van der Waals surface area contributed by atoms with Crippen LogP contribution in [0.4, 0.5) is 17.6 Å². The molecule has 12 fully saturated rings. The van der Waals surface area contributed by atoms with Gasteiger partial charge in [0.2, 0.25) is 0 Å². The van der Waals surface area contributed by atoms with Gasteiger partial charge in [-0.05, 0) is 240 Å². The highest BCUT2D eigenvalue weighted by atomic mass is 19.2. The van der Waals surface area contributed by atoms with Gasteiger partial charge in [-0.25, -0.2) is 17.6 Å². The van der Waals surface area contributed by atoms with Crippen LogP contribution in [-0.4, -0.2) is 183 Å². The van der Waals surface area contributed by atoms with Gasteiger partial charge in [0, 0.05) is 93.0 Å². The highest BCUT2D eigenvalue weighted by molar-refractivity contribution is 6.03. The summed E-state index contributed by atoms with van der Waals surface area (Å²) in [5, 5.41) is 87.7. The molecule has 0 aromatic carbocycles. The molecule has 18 nitrogen and oxygen atoms in total. The molecule has 12 saturated carbocycles. The summed E-state index contributed by atoms with van der Waals surface area (Å²) in [5.74, 6) is -6.06. The topological polar surface area (TPSA) is 317 Å². The third-order valence-electron chi connectivity index (χ3n) is 36.2. The number of Topliss-reactive ketones (excluding diaryl/α,β-unsaturated/α-hetero) is 4. The Kier molecular flexibility index (Phi) is 22.2. The Morgan fingerprint density at radius 1 is 0.371 bits per heavy atom. The maximum Gasteiger partial charge on any atom is 0.190 e. The van der Waals surface area contributed by atoms with Crippen LogP contribution in [0.3, 0.4) is 0 Å². The van der Waals surface area contributed by atoms with Gasteiger partial charge < -0.3 is 50.3 Å². The van der Waals surface area contributed by atoms with Crippen LogP contribution in [0.2, 0.25) is 0 Å². The highest BCUT2D eigenvalue weighted by Crippen LogP contribution is 2.77. The molecule has 22 heteroatoms. The number of aliphatic hydroxyl groups excluding tert-OH is 4. The molecule has 16 rings (SSSR count). The third kappa shape index (κ3) is 11.1. The van der Waals surface area contributed by atoms with Crippen LogP contribution in [0.1, 0.15) is 226 Å². The molecular weight excluding hydrogens is 1490 g/mol. The van der Waals surface area contributed by atoms with Gasteiger partial charge in [0.25, 0.3) is 0 Å². The maximum absolute atomic E-state index is 17.5. The molecule has 8 N–H and O–H groups in total. The number of alkyl halides is 4. The monoisotopic (exact) mass is 1620 g/mol. The van der Waals surface area contributed by atoms with Crippen LogP contribution in [0.15, 0.2) is 95.2 Å². The maximum atomic E-state index is 17.5. The van der Waals surface area contributed by atoms with Gasteiger partial charge in [0.05, 0.1) is 24.4 Å². The van der Waals surface area contributed by atoms with Gasteiger partial charge >= 0.3 is 0 Å². The fourth-order valence-electron chi connectivity index (χ4n) is 30.0. The first-order valence-corrected chi connectivity index (χ1v) is 43.3. The minimum atomic E-state index is -1.98. The molecule has 0 bridgehead atoms. The summed E-state index contributed by atoms with van der Waals surface area (Å²) in [6, 6.07) is 0. The van der Waals surface area contributed by atoms with E-state index in [1.54, 1.807) is 78.0 Å². The number of fused-ring (bicyclic) bond motifs is 20. The lowest BCUT2D eigenvalue weighted by atomic mass is 9.44. The number of hydrogen-bond donors (Lipinski definition) is 8. The molecule has 640 valence electrons. The van der Waals surface area contributed by atoms with Crippen molar-refractivity contribution in [1.29, 1.82) is 0 Å². The highest BCUT2D eigenvalue weighted by Gasteiger charge is 2.81. The molecule has 16 aliphatic carbocycles. The summed E-state index contributed by atoms with van der Waals surface area (Å²) >= 11 is 0. The van der Waals surface area contributed by atoms with Gasteiger partial charge in [-0.1, -0.05) is 116 Å². The summed E-state index contributed by atoms with van der Waals surface area (Å²) < 4.78 is 80.8. The predicted octanol–water partition coefficient (Wildman–Crippen LogP) is 12.5. The third-order valence-corrected chi connectivity index (χ3v) is 36.2. The van der Waals surface area contributed by atoms with E-state index in [1.807, 2.05) is 69.2 Å². The van der Waals surface area contributed by atoms with Gasteiger partial charge in [-0.2, -0.15) is 0 Å². The fraction of sp³-hybridized carbons (Fsp3) is 0.745. The Balaban J connectivity index is 0.000000135. The van der Waals surface area contributed by atoms with Gasteiger partial charge in [-0.15, -0.1) is 0 Å². The largest absolute Gasteiger partial charge is 0.390 e. The second kappa shape index (κ2) is 29.1. The number of carbonyl (C=O) groups is 8. The molecule has 16 aliphatic rings. The minimum absolute atomic E-state index is 0.0436. The summed E-state index contributed by atoms with van der Waals surface area (Å²) in [6.45, 7) is 28.5. The number of hydrogen-bond acceptors (Lipinski definition) is 18. The summed E-state index contributed by atoms with van der Waals surface area (Å²) in [4.78, 5) is 98.8. The molecule has 32 atom stereocenters. The molecule has 0 heterocycles. The Labute approximate surface area is 681 Å². The number of rotatable bonds is 12. The van der Waals surface area contributed by atoms with E-state index in [0.29, 0.717) is 102 Å². The average molecular weight is 1620 g/mol. The second-order valence-electron chi connectivity index (χ2n) is 40.2. The first-order valence-electron chi connectivity index (χ1n) is 43.3. The van der Waals surface area contributed by atoms with Crippen LogP contribution in [0.5, 0.6) is 0 Å². The van der Waals surface area contributed by atoms with Crippen LogP contribution >= 0.6 is 0 Å². The Bertz CT molecular complexity index is 4080. The zero-order chi connectivity index (χ0) is 85.6. The van der Waals surface area contributed by atoms with E-state index in [2.05, 4.69) is 0 Å². The van der Waals surface area contributed by atoms with Crippen molar-refractivity contribution in [3.63, 3.8) is 0 Å². The molecule has 116 heavy (non-hydrogen) atoms. The fourth-order valence-corrected chi connectivity index (χ4v) is 30.0. The lowest BCUT2D eigenvalue weighted by Crippen LogP contribution is -2.70. The van der Waals surface area contributed by atoms with Gasteiger partial charge in [0.15, 0.2) is 68.9 Å². The number of ether oxygens (including phenoxy) is 2. The molecule has 0 spiro atoms. The van der Waals surface area contributed by atoms with E-state index in [9.17, 15) is 79.2 Å². The Morgan fingerprint density at radius 2 is 0.595 bits per heavy atom. The lowest BCUT2D eigenvalue weighted by Gasteiger charge is -2.63. The van der Waals surface area contributed by atoms with Crippen molar-refractivity contribution in [3.8, 4) is 0 Å². The van der Waals surface area contributed by atoms with E-state index < -0.39 is 161 Å². The van der Waals surface area contributed by atoms with E-state index in [4.69, 9.17) is 9.47 Å². The quantitative estimate of drug-likeness (QED) is 0.0842. The smallest absolute Gasteiger partial charge is 0.190 e. The van der Waals surface area contributed by atoms with E-state index in [-0.39, 0.29) is 114 Å². The average Bonchev–Trinajstić information content (AvgIpc) is 1.37. The van der Waals surface area contributed by atoms with Crippen molar-refractivity contribution in [3.05, 3.63) is 95.2 Å². The number of carbonyl (C=O) groups excluding carboxylic acids is 8. The van der Waals surface area contributed by atoms with Gasteiger partial charge in [-0.3, -0.25) is 38.4 Å². The second-order valence-corrected chi connectivity index (χ2v) is 40.2. The van der Waals surface area contributed by atoms with Crippen molar-refractivity contribution < 1.29 is 106 Å². The van der Waals surface area contributed by atoms with Crippen LogP contribution in [0.25, 0.3) is 0 Å². The van der Waals surface area contributed by atoms with Gasteiger partial charge in [0.1, 0.15) is 35.6 Å². The standard InChI is InChI=1S/C25H35FO4.C24H33FO5.C23H31FO4.C22H29FO5/c1-6-20(28)25(29)15(3)12-19-18-9-8-16-13-17(27)10-11-22(16,4)24(18,26)21(30-7-2)14-23(19,25)5;1-5-30-20-12-22(4)18(10-14(2)24(22,29)19(28)13-26)17-7-6-15-11-16(27)8-9-21(15,3)23(17,20)25;1-5-18(26)23(28)13(2)10-17-16-7-6-14-11-15(25)8-9-20(14,3)22(16,24)19(27)12-21(17,23)4;1-12-8-16-15-5-4-13-9-14(25)6-7-19(13,2)21(15,23)17(26)10-20(16,3)22(12,28)18(27)11-24/h10-11,13,15,18-19,21,29H,6-9,12,14H2,1-5H3;8-9,11,14,17-18,20,26,29H,5-7,10,12-13H2,1-4H3;8-9,11,13,16-17,19,27-28H,5-7,10,12H2,1-4H3;6-7,9,12,15-17,24,26,28H,4-5,8,10-11H2,1-3H3/t15-,18+,19+,21+,22+,23+,24+,25+;14-,17+,18+,20+,21+,22+,23+,24+;13-,16+,17+,19+,20+,21+,22+,23+;12-,15+,16+,17+,19+,20+,21+,22+/m1111/s1. The Hall–Kier alpha value is -5.40. The Morgan fingerprint density at radius 3 is 0.828 bits per heavy atom. The normalized spacial score (nSPS) is 51.1. The SMILES string of the molecule is CCC(=O)[C@@]1(O)[C@H](C)C[C@H]2[C@@H]3CCC4=CC(=O)C=C[C@]4(C)[C@@]3(F)[C@@H](O)C[C@@]21C.CCO[C@H]1C[C@@]2(C)[C@@H](C[C@@H](C)[C@]2(O)C(=O)CC)[C@@H]2CCC3=CC(=O)C=C[C@]3(C)[C@@]12F.CCO[C@H]1C[C@@]2(C)[C@@H](C[C@@H](C)[C@]2(O)C(=O)CO)[C@@H]2CCC3=CC(=O)C=C[C@]3(C)[C@@]12F.C[C@@H]1C[C@H]2[C@@H]3CCC4=CC(=O)C=C[C@]4(C)[C@@]3(F)[C@@H](O)C[C@]2(C)[C@@]1(O)C(=O)CO. The zero-order valence-electron chi connectivity index (χ0n) is 70.9. The lowest BCUT2D eigenvalue weighted by molar-refractivity contribution is -0.230. The molecule has 0 aromatic heterocycles. The molecule has 0 amide bonds. The van der Waals surface area contributed by atoms with Crippen LogP contribution in [-0.2, 0) is 47.8 Å². The zero-order valence-corrected chi connectivity index (χ0v) is 70.9. The number of ketones is 8. The molecule has 0 unspecified atom stereocenters. The molecule has 0 saturated heterocycles. The van der Waals surface area contributed by atoms with Crippen LogP contribution < -0.4 is 0 Å². The van der Waals surface area contributed by atoms with Crippen LogP contribution in [0, 0.1) is 114 Å². The van der Waals surface area contributed by atoms with Crippen molar-refractivity contribution in [2.75, 3.05) is 26.4 Å². The molecule has 0 aromatic rings. The molecule has 0 aliphatic heterocycles. The number of allylic oxidation sites excluding steroid dienone is 16. The summed E-state index contributed by atoms with van der Waals surface area (Å²) in [6.07, 6.45) is 21.9. The first kappa shape index (κ1) is 88.4. The molecular formula is C94H128F4O18. The summed E-state index contributed by atoms with van der Waals surface area (Å²) in [5.41, 5.74) is -18.2. The number of aliphatic hydroxyl groups is 8. The summed E-state index contributed by atoms with van der Waals surface area (Å²) in [7, 11) is 0.